The largest absolute Gasteiger partial charge is 0.339 e. The van der Waals surface area contributed by atoms with Crippen LogP contribution in [0.15, 0.2) is 24.3 Å². The van der Waals surface area contributed by atoms with Gasteiger partial charge in [0, 0.05) is 36.8 Å². The van der Waals surface area contributed by atoms with Gasteiger partial charge in [-0.05, 0) is 63.9 Å². The lowest BCUT2D eigenvalue weighted by Crippen LogP contribution is -2.34. The van der Waals surface area contributed by atoms with Crippen LogP contribution in [-0.4, -0.2) is 53.8 Å². The number of benzene rings is 1. The zero-order chi connectivity index (χ0) is 17.0. The SMILES string of the molecule is CCN(CC)C(=O)c1ccc(C(=O)N2CC(CN)CC2C)cc1.Cl. The molecule has 2 atom stereocenters. The summed E-state index contributed by atoms with van der Waals surface area (Å²) < 4.78 is 0. The minimum atomic E-state index is 0. The molecule has 1 aromatic rings. The number of nitrogens with two attached hydrogens (primary N) is 1. The van der Waals surface area contributed by atoms with E-state index in [0.717, 1.165) is 13.0 Å². The first-order valence-electron chi connectivity index (χ1n) is 8.42. The van der Waals surface area contributed by atoms with Crippen molar-refractivity contribution in [2.45, 2.75) is 33.2 Å². The van der Waals surface area contributed by atoms with Gasteiger partial charge in [-0.1, -0.05) is 0 Å². The maximum atomic E-state index is 12.6. The lowest BCUT2D eigenvalue weighted by Gasteiger charge is -2.22. The third-order valence-corrected chi connectivity index (χ3v) is 4.69. The van der Waals surface area contributed by atoms with E-state index in [1.807, 2.05) is 18.7 Å². The Morgan fingerprint density at radius 1 is 1.17 bits per heavy atom. The second-order valence-corrected chi connectivity index (χ2v) is 6.20. The van der Waals surface area contributed by atoms with Gasteiger partial charge in [-0.15, -0.1) is 12.4 Å². The molecule has 2 rings (SSSR count). The molecule has 1 aliphatic heterocycles. The summed E-state index contributed by atoms with van der Waals surface area (Å²) in [7, 11) is 0. The van der Waals surface area contributed by atoms with E-state index in [1.54, 1.807) is 29.2 Å². The maximum absolute atomic E-state index is 12.6. The molecule has 1 heterocycles. The van der Waals surface area contributed by atoms with Crippen molar-refractivity contribution in [2.24, 2.45) is 11.7 Å². The zero-order valence-corrected chi connectivity index (χ0v) is 15.5. The highest BCUT2D eigenvalue weighted by atomic mass is 35.5. The van der Waals surface area contributed by atoms with Crippen LogP contribution in [0.1, 0.15) is 47.9 Å². The van der Waals surface area contributed by atoms with Crippen molar-refractivity contribution in [2.75, 3.05) is 26.2 Å². The molecule has 1 aromatic carbocycles. The number of halogens is 1. The maximum Gasteiger partial charge on any atom is 0.254 e. The van der Waals surface area contributed by atoms with Gasteiger partial charge in [-0.25, -0.2) is 0 Å². The fourth-order valence-corrected chi connectivity index (χ4v) is 3.21. The number of rotatable bonds is 5. The van der Waals surface area contributed by atoms with Crippen LogP contribution in [0.4, 0.5) is 0 Å². The highest BCUT2D eigenvalue weighted by molar-refractivity contribution is 5.98. The summed E-state index contributed by atoms with van der Waals surface area (Å²) in [5.74, 6) is 0.416. The smallest absolute Gasteiger partial charge is 0.254 e. The summed E-state index contributed by atoms with van der Waals surface area (Å²) in [6.45, 7) is 8.68. The van der Waals surface area contributed by atoms with Crippen molar-refractivity contribution in [3.8, 4) is 0 Å². The van der Waals surface area contributed by atoms with Gasteiger partial charge >= 0.3 is 0 Å². The minimum Gasteiger partial charge on any atom is -0.339 e. The van der Waals surface area contributed by atoms with Gasteiger partial charge in [0.25, 0.3) is 11.8 Å². The number of amides is 2. The minimum absolute atomic E-state index is 0. The number of nitrogens with zero attached hydrogens (tertiary/aromatic N) is 2. The Bertz CT molecular complexity index is 558. The second-order valence-electron chi connectivity index (χ2n) is 6.20. The van der Waals surface area contributed by atoms with Gasteiger partial charge < -0.3 is 15.5 Å². The summed E-state index contributed by atoms with van der Waals surface area (Å²) in [4.78, 5) is 28.6. The van der Waals surface area contributed by atoms with Crippen LogP contribution in [0.25, 0.3) is 0 Å². The first kappa shape index (κ1) is 20.5. The molecule has 0 aliphatic carbocycles. The topological polar surface area (TPSA) is 66.6 Å². The third-order valence-electron chi connectivity index (χ3n) is 4.69. The van der Waals surface area contributed by atoms with Crippen molar-refractivity contribution in [1.29, 1.82) is 0 Å². The molecular formula is C18H28ClN3O2. The first-order chi connectivity index (χ1) is 11.0. The molecule has 0 bridgehead atoms. The van der Waals surface area contributed by atoms with Crippen LogP contribution >= 0.6 is 12.4 Å². The van der Waals surface area contributed by atoms with Gasteiger partial charge in [0.2, 0.25) is 0 Å². The summed E-state index contributed by atoms with van der Waals surface area (Å²) in [5.41, 5.74) is 6.98. The van der Waals surface area contributed by atoms with Crippen LogP contribution in [0.3, 0.4) is 0 Å². The number of carbonyl (C=O) groups is 2. The Hall–Kier alpha value is -1.59. The summed E-state index contributed by atoms with van der Waals surface area (Å²) in [6, 6.07) is 7.21. The van der Waals surface area contributed by atoms with E-state index in [2.05, 4.69) is 6.92 Å². The number of hydrogen-bond donors (Lipinski definition) is 1. The predicted molar refractivity (Wildman–Crippen MR) is 98.6 cm³/mol. The Labute approximate surface area is 150 Å². The van der Waals surface area contributed by atoms with Crippen LogP contribution in [-0.2, 0) is 0 Å². The molecule has 0 radical (unpaired) electrons. The summed E-state index contributed by atoms with van der Waals surface area (Å²) in [5, 5.41) is 0. The van der Waals surface area contributed by atoms with Gasteiger partial charge in [0.15, 0.2) is 0 Å². The molecule has 1 saturated heterocycles. The monoisotopic (exact) mass is 353 g/mol. The van der Waals surface area contributed by atoms with Gasteiger partial charge in [0.05, 0.1) is 0 Å². The van der Waals surface area contributed by atoms with Gasteiger partial charge in [0.1, 0.15) is 0 Å². The molecule has 2 N–H and O–H groups in total. The standard InChI is InChI=1S/C18H27N3O2.ClH/c1-4-20(5-2)17(22)15-6-8-16(9-7-15)18(23)21-12-14(11-19)10-13(21)3;/h6-9,13-14H,4-5,10-12,19H2,1-3H3;1H. The van der Waals surface area contributed by atoms with E-state index in [1.165, 1.54) is 0 Å². The van der Waals surface area contributed by atoms with E-state index < -0.39 is 0 Å². The normalized spacial score (nSPS) is 19.8. The Balaban J connectivity index is 0.00000288. The molecule has 6 heteroatoms. The van der Waals surface area contributed by atoms with E-state index in [0.29, 0.717) is 36.7 Å². The number of carbonyl (C=O) groups excluding carboxylic acids is 2. The van der Waals surface area contributed by atoms with Crippen molar-refractivity contribution in [3.05, 3.63) is 35.4 Å². The van der Waals surface area contributed by atoms with E-state index >= 15 is 0 Å². The predicted octanol–water partition coefficient (Wildman–Crippen LogP) is 2.40. The Kier molecular flexibility index (Phi) is 7.70. The van der Waals surface area contributed by atoms with Crippen LogP contribution in [0.5, 0.6) is 0 Å². The van der Waals surface area contributed by atoms with Gasteiger partial charge in [-0.3, -0.25) is 9.59 Å². The molecular weight excluding hydrogens is 326 g/mol. The van der Waals surface area contributed by atoms with Crippen LogP contribution < -0.4 is 5.73 Å². The van der Waals surface area contributed by atoms with Crippen molar-refractivity contribution < 1.29 is 9.59 Å². The van der Waals surface area contributed by atoms with E-state index in [9.17, 15) is 9.59 Å². The molecule has 2 amide bonds. The first-order valence-corrected chi connectivity index (χ1v) is 8.42. The van der Waals surface area contributed by atoms with Crippen LogP contribution in [0.2, 0.25) is 0 Å². The molecule has 5 nitrogen and oxygen atoms in total. The Morgan fingerprint density at radius 2 is 1.71 bits per heavy atom. The van der Waals surface area contributed by atoms with Gasteiger partial charge in [-0.2, -0.15) is 0 Å². The summed E-state index contributed by atoms with van der Waals surface area (Å²) in [6.07, 6.45) is 0.959. The molecule has 2 unspecified atom stereocenters. The fraction of sp³-hybridized carbons (Fsp3) is 0.556. The van der Waals surface area contributed by atoms with Crippen molar-refractivity contribution in [1.82, 2.24) is 9.80 Å². The average molecular weight is 354 g/mol. The van der Waals surface area contributed by atoms with Crippen molar-refractivity contribution >= 4 is 24.2 Å². The quantitative estimate of drug-likeness (QED) is 0.883. The molecule has 134 valence electrons. The second kappa shape index (κ2) is 9.04. The van der Waals surface area contributed by atoms with E-state index in [4.69, 9.17) is 5.73 Å². The molecule has 0 spiro atoms. The average Bonchev–Trinajstić information content (AvgIpc) is 2.96. The molecule has 24 heavy (non-hydrogen) atoms. The lowest BCUT2D eigenvalue weighted by atomic mass is 10.1. The van der Waals surface area contributed by atoms with Crippen molar-refractivity contribution in [3.63, 3.8) is 0 Å². The van der Waals surface area contributed by atoms with E-state index in [-0.39, 0.29) is 30.3 Å². The highest BCUT2D eigenvalue weighted by Crippen LogP contribution is 2.24. The molecule has 1 aliphatic rings. The third kappa shape index (κ3) is 4.28. The molecule has 0 saturated carbocycles. The number of likely N-dealkylation sites (tertiary alicyclic amines) is 1. The summed E-state index contributed by atoms with van der Waals surface area (Å²) >= 11 is 0. The highest BCUT2D eigenvalue weighted by Gasteiger charge is 2.32. The lowest BCUT2D eigenvalue weighted by molar-refractivity contribution is 0.0739. The molecule has 1 fully saturated rings. The number of hydrogen-bond acceptors (Lipinski definition) is 3. The molecule has 0 aromatic heterocycles. The zero-order valence-electron chi connectivity index (χ0n) is 14.7. The van der Waals surface area contributed by atoms with Crippen LogP contribution in [0, 0.1) is 5.92 Å². The Morgan fingerprint density at radius 3 is 2.17 bits per heavy atom. The fourth-order valence-electron chi connectivity index (χ4n) is 3.21.